The number of hydrogen-bond acceptors (Lipinski definition) is 4. The van der Waals surface area contributed by atoms with Gasteiger partial charge in [0.2, 0.25) is 5.91 Å². The molecular weight excluding hydrogens is 347 g/mol. The Bertz CT molecular complexity index is 1150. The minimum atomic E-state index is -0.326. The maximum absolute atomic E-state index is 13.6. The van der Waals surface area contributed by atoms with Crippen molar-refractivity contribution in [3.05, 3.63) is 59.5 Å². The Morgan fingerprint density at radius 1 is 1.26 bits per heavy atom. The second-order valence-corrected chi connectivity index (χ2v) is 6.35. The highest BCUT2D eigenvalue weighted by molar-refractivity contribution is 5.96. The number of aryl methyl sites for hydroxylation is 2. The highest BCUT2D eigenvalue weighted by Crippen LogP contribution is 2.24. The SMILES string of the molecule is Cc1[nH]c2ccc(F)cc2c1CC(=O)Nc1cccc(-c2nnnn2C)c1. The van der Waals surface area contributed by atoms with Crippen molar-refractivity contribution in [2.75, 3.05) is 5.32 Å². The van der Waals surface area contributed by atoms with Crippen LogP contribution >= 0.6 is 0 Å². The summed E-state index contributed by atoms with van der Waals surface area (Å²) in [6.07, 6.45) is 0.144. The molecule has 2 heterocycles. The molecule has 7 nitrogen and oxygen atoms in total. The fourth-order valence-electron chi connectivity index (χ4n) is 3.16. The van der Waals surface area contributed by atoms with Crippen LogP contribution in [0.3, 0.4) is 0 Å². The van der Waals surface area contributed by atoms with Gasteiger partial charge in [0, 0.05) is 34.9 Å². The zero-order chi connectivity index (χ0) is 19.0. The Hall–Kier alpha value is -3.55. The molecule has 2 N–H and O–H groups in total. The predicted molar refractivity (Wildman–Crippen MR) is 99.6 cm³/mol. The molecular formula is C19H17FN6O. The molecule has 8 heteroatoms. The van der Waals surface area contributed by atoms with E-state index >= 15 is 0 Å². The Morgan fingerprint density at radius 3 is 2.89 bits per heavy atom. The third-order valence-corrected chi connectivity index (χ3v) is 4.44. The number of hydrogen-bond donors (Lipinski definition) is 2. The molecule has 1 amide bonds. The smallest absolute Gasteiger partial charge is 0.228 e. The highest BCUT2D eigenvalue weighted by Gasteiger charge is 2.14. The number of aromatic nitrogens is 5. The Balaban J connectivity index is 1.56. The summed E-state index contributed by atoms with van der Waals surface area (Å²) in [4.78, 5) is 15.7. The Kier molecular flexibility index (Phi) is 4.15. The Morgan fingerprint density at radius 2 is 2.11 bits per heavy atom. The molecule has 0 bridgehead atoms. The van der Waals surface area contributed by atoms with Crippen molar-refractivity contribution < 1.29 is 9.18 Å². The number of halogens is 1. The summed E-state index contributed by atoms with van der Waals surface area (Å²) in [6.45, 7) is 1.88. The summed E-state index contributed by atoms with van der Waals surface area (Å²) in [5, 5.41) is 15.0. The van der Waals surface area contributed by atoms with Crippen LogP contribution in [0, 0.1) is 12.7 Å². The standard InChI is InChI=1S/C19H17FN6O/c1-11-15(16-9-13(20)6-7-17(16)21-11)10-18(27)22-14-5-3-4-12(8-14)19-23-24-25-26(19)2/h3-9,21H,10H2,1-2H3,(H,22,27). The van der Waals surface area contributed by atoms with Gasteiger partial charge in [-0.25, -0.2) is 9.07 Å². The average molecular weight is 364 g/mol. The number of nitrogens with one attached hydrogen (secondary N) is 2. The molecule has 2 aromatic carbocycles. The van der Waals surface area contributed by atoms with Gasteiger partial charge < -0.3 is 10.3 Å². The predicted octanol–water partition coefficient (Wildman–Crippen LogP) is 2.99. The van der Waals surface area contributed by atoms with Crippen LogP contribution in [0.15, 0.2) is 42.5 Å². The third kappa shape index (κ3) is 3.29. The molecule has 0 radical (unpaired) electrons. The van der Waals surface area contributed by atoms with Gasteiger partial charge in [0.15, 0.2) is 5.82 Å². The topological polar surface area (TPSA) is 88.5 Å². The molecule has 0 saturated heterocycles. The quantitative estimate of drug-likeness (QED) is 0.583. The van der Waals surface area contributed by atoms with Crippen molar-refractivity contribution in [2.24, 2.45) is 7.05 Å². The van der Waals surface area contributed by atoms with E-state index in [0.717, 1.165) is 27.7 Å². The van der Waals surface area contributed by atoms with E-state index in [1.807, 2.05) is 25.1 Å². The van der Waals surface area contributed by atoms with Crippen LogP contribution in [0.25, 0.3) is 22.3 Å². The molecule has 0 aliphatic rings. The molecule has 0 aliphatic heterocycles. The van der Waals surface area contributed by atoms with Gasteiger partial charge in [0.1, 0.15) is 5.82 Å². The first-order valence-electron chi connectivity index (χ1n) is 8.40. The summed E-state index contributed by atoms with van der Waals surface area (Å²) in [5.74, 6) is 0.0960. The number of carbonyl (C=O) groups excluding carboxylic acids is 1. The number of benzene rings is 2. The minimum absolute atomic E-state index is 0.144. The molecule has 136 valence electrons. The van der Waals surface area contributed by atoms with E-state index in [4.69, 9.17) is 0 Å². The normalized spacial score (nSPS) is 11.1. The number of tetrazole rings is 1. The van der Waals surface area contributed by atoms with E-state index in [1.165, 1.54) is 12.1 Å². The molecule has 0 spiro atoms. The van der Waals surface area contributed by atoms with Gasteiger partial charge in [-0.1, -0.05) is 12.1 Å². The van der Waals surface area contributed by atoms with Crippen molar-refractivity contribution in [3.63, 3.8) is 0 Å². The minimum Gasteiger partial charge on any atom is -0.358 e. The van der Waals surface area contributed by atoms with Crippen molar-refractivity contribution >= 4 is 22.5 Å². The summed E-state index contributed by atoms with van der Waals surface area (Å²) in [5.41, 5.74) is 3.89. The Labute approximate surface area is 154 Å². The highest BCUT2D eigenvalue weighted by atomic mass is 19.1. The monoisotopic (exact) mass is 364 g/mol. The van der Waals surface area contributed by atoms with Crippen LogP contribution in [0.5, 0.6) is 0 Å². The zero-order valence-electron chi connectivity index (χ0n) is 14.8. The molecule has 0 aliphatic carbocycles. The molecule has 0 atom stereocenters. The van der Waals surface area contributed by atoms with Gasteiger partial charge in [0.05, 0.1) is 6.42 Å². The summed E-state index contributed by atoms with van der Waals surface area (Å²) < 4.78 is 15.1. The molecule has 4 rings (SSSR count). The van der Waals surface area contributed by atoms with Crippen molar-refractivity contribution in [3.8, 4) is 11.4 Å². The number of carbonyl (C=O) groups is 1. The lowest BCUT2D eigenvalue weighted by Gasteiger charge is -2.07. The van der Waals surface area contributed by atoms with Gasteiger partial charge in [-0.3, -0.25) is 4.79 Å². The van der Waals surface area contributed by atoms with E-state index in [1.54, 1.807) is 23.9 Å². The third-order valence-electron chi connectivity index (χ3n) is 4.44. The summed E-state index contributed by atoms with van der Waals surface area (Å²) in [6, 6.07) is 11.8. The van der Waals surface area contributed by atoms with Crippen LogP contribution in [0.1, 0.15) is 11.3 Å². The van der Waals surface area contributed by atoms with Gasteiger partial charge in [-0.2, -0.15) is 0 Å². The van der Waals surface area contributed by atoms with Crippen LogP contribution < -0.4 is 5.32 Å². The number of fused-ring (bicyclic) bond motifs is 1. The fraction of sp³-hybridized carbons (Fsp3) is 0.158. The number of amides is 1. The number of anilines is 1. The molecule has 4 aromatic rings. The van der Waals surface area contributed by atoms with Crippen molar-refractivity contribution in [1.82, 2.24) is 25.2 Å². The summed E-state index contributed by atoms with van der Waals surface area (Å²) in [7, 11) is 1.75. The maximum atomic E-state index is 13.6. The fourth-order valence-corrected chi connectivity index (χ4v) is 3.16. The van der Waals surface area contributed by atoms with E-state index in [9.17, 15) is 9.18 Å². The first-order valence-corrected chi connectivity index (χ1v) is 8.40. The maximum Gasteiger partial charge on any atom is 0.228 e. The largest absolute Gasteiger partial charge is 0.358 e. The second kappa shape index (κ2) is 6.64. The molecule has 0 fully saturated rings. The van der Waals surface area contributed by atoms with Gasteiger partial charge >= 0.3 is 0 Å². The second-order valence-electron chi connectivity index (χ2n) is 6.35. The van der Waals surface area contributed by atoms with Crippen molar-refractivity contribution in [1.29, 1.82) is 0 Å². The van der Waals surface area contributed by atoms with E-state index < -0.39 is 0 Å². The zero-order valence-corrected chi connectivity index (χ0v) is 14.8. The van der Waals surface area contributed by atoms with Gasteiger partial charge in [-0.05, 0) is 53.2 Å². The van der Waals surface area contributed by atoms with Crippen LogP contribution in [0.4, 0.5) is 10.1 Å². The van der Waals surface area contributed by atoms with Crippen molar-refractivity contribution in [2.45, 2.75) is 13.3 Å². The lowest BCUT2D eigenvalue weighted by molar-refractivity contribution is -0.115. The number of nitrogens with zero attached hydrogens (tertiary/aromatic N) is 4. The first kappa shape index (κ1) is 16.9. The number of H-pyrrole nitrogens is 1. The van der Waals surface area contributed by atoms with Crippen LogP contribution in [0.2, 0.25) is 0 Å². The van der Waals surface area contributed by atoms with Crippen LogP contribution in [-0.2, 0) is 18.3 Å². The molecule has 0 saturated carbocycles. The molecule has 27 heavy (non-hydrogen) atoms. The van der Waals surface area contributed by atoms with E-state index in [2.05, 4.69) is 25.8 Å². The van der Waals surface area contributed by atoms with Gasteiger partial charge in [-0.15, -0.1) is 5.10 Å². The lowest BCUT2D eigenvalue weighted by Crippen LogP contribution is -2.14. The molecule has 0 unspecified atom stereocenters. The van der Waals surface area contributed by atoms with E-state index in [-0.39, 0.29) is 18.1 Å². The van der Waals surface area contributed by atoms with E-state index in [0.29, 0.717) is 11.5 Å². The lowest BCUT2D eigenvalue weighted by atomic mass is 10.1. The first-order chi connectivity index (χ1) is 13.0. The number of rotatable bonds is 4. The summed E-state index contributed by atoms with van der Waals surface area (Å²) >= 11 is 0. The molecule has 2 aromatic heterocycles. The average Bonchev–Trinajstić information content (AvgIpc) is 3.19. The van der Waals surface area contributed by atoms with Crippen LogP contribution in [-0.4, -0.2) is 31.1 Å². The van der Waals surface area contributed by atoms with Gasteiger partial charge in [0.25, 0.3) is 0 Å². The number of aromatic amines is 1.